The van der Waals surface area contributed by atoms with Crippen LogP contribution in [0.4, 0.5) is 5.69 Å². The molecule has 2 aromatic carbocycles. The Bertz CT molecular complexity index is 614. The quantitative estimate of drug-likeness (QED) is 0.905. The maximum atomic E-state index is 8.81. The van der Waals surface area contributed by atoms with Gasteiger partial charge in [0, 0.05) is 12.2 Å². The van der Waals surface area contributed by atoms with E-state index in [4.69, 9.17) is 16.9 Å². The Balaban J connectivity index is 1.95. The Hall–Kier alpha value is -1.98. The highest BCUT2D eigenvalue weighted by Crippen LogP contribution is 2.20. The fraction of sp³-hybridized carbons (Fsp3) is 0.188. The number of hydrogen-bond acceptors (Lipinski definition) is 2. The van der Waals surface area contributed by atoms with E-state index in [2.05, 4.69) is 36.5 Å². The summed E-state index contributed by atoms with van der Waals surface area (Å²) >= 11 is 5.99. The van der Waals surface area contributed by atoms with Gasteiger partial charge in [-0.1, -0.05) is 35.9 Å². The number of hydrogen-bond donors (Lipinski definition) is 1. The molecule has 0 aliphatic carbocycles. The molecule has 2 nitrogen and oxygen atoms in total. The normalized spacial score (nSPS) is 9.95. The van der Waals surface area contributed by atoms with Crippen molar-refractivity contribution >= 4 is 17.3 Å². The standard InChI is InChI=1S/C16H15ClN2/c1-12-4-2-3-5-13(12)8-9-19-15-7-6-14(11-18)16(17)10-15/h2-7,10,19H,8-9H2,1H3. The van der Waals surface area contributed by atoms with Gasteiger partial charge < -0.3 is 5.32 Å². The second-order valence-corrected chi connectivity index (χ2v) is 4.82. The summed E-state index contributed by atoms with van der Waals surface area (Å²) in [6, 6.07) is 15.8. The van der Waals surface area contributed by atoms with Crippen molar-refractivity contribution in [3.8, 4) is 6.07 Å². The molecule has 0 unspecified atom stereocenters. The van der Waals surface area contributed by atoms with E-state index in [-0.39, 0.29) is 0 Å². The lowest BCUT2D eigenvalue weighted by Crippen LogP contribution is -2.05. The van der Waals surface area contributed by atoms with Gasteiger partial charge in [0.2, 0.25) is 0 Å². The highest BCUT2D eigenvalue weighted by atomic mass is 35.5. The Morgan fingerprint density at radius 2 is 2.00 bits per heavy atom. The van der Waals surface area contributed by atoms with E-state index in [9.17, 15) is 0 Å². The van der Waals surface area contributed by atoms with E-state index in [1.807, 2.05) is 12.1 Å². The average Bonchev–Trinajstić information content (AvgIpc) is 2.41. The lowest BCUT2D eigenvalue weighted by Gasteiger charge is -2.09. The van der Waals surface area contributed by atoms with E-state index < -0.39 is 0 Å². The minimum absolute atomic E-state index is 0.489. The number of anilines is 1. The Morgan fingerprint density at radius 1 is 1.21 bits per heavy atom. The molecule has 0 atom stereocenters. The van der Waals surface area contributed by atoms with E-state index in [1.54, 1.807) is 12.1 Å². The molecule has 0 radical (unpaired) electrons. The molecule has 3 heteroatoms. The lowest BCUT2D eigenvalue weighted by molar-refractivity contribution is 1.01. The van der Waals surface area contributed by atoms with Crippen LogP contribution < -0.4 is 5.32 Å². The molecule has 0 saturated carbocycles. The van der Waals surface area contributed by atoms with E-state index in [1.165, 1.54) is 11.1 Å². The first kappa shape index (κ1) is 13.5. The van der Waals surface area contributed by atoms with Crippen molar-refractivity contribution in [2.24, 2.45) is 0 Å². The summed E-state index contributed by atoms with van der Waals surface area (Å²) in [5.41, 5.74) is 4.10. The van der Waals surface area contributed by atoms with Crippen LogP contribution in [0.3, 0.4) is 0 Å². The second kappa shape index (κ2) is 6.26. The number of nitrogens with one attached hydrogen (secondary N) is 1. The molecule has 0 aromatic heterocycles. The van der Waals surface area contributed by atoms with Crippen molar-refractivity contribution in [3.05, 3.63) is 64.2 Å². The van der Waals surface area contributed by atoms with Crippen molar-refractivity contribution in [2.75, 3.05) is 11.9 Å². The van der Waals surface area contributed by atoms with Gasteiger partial charge in [-0.3, -0.25) is 0 Å². The lowest BCUT2D eigenvalue weighted by atomic mass is 10.1. The molecule has 0 fully saturated rings. The van der Waals surface area contributed by atoms with Crippen LogP contribution in [0.5, 0.6) is 0 Å². The average molecular weight is 271 g/mol. The highest BCUT2D eigenvalue weighted by Gasteiger charge is 2.01. The number of nitrogens with zero attached hydrogens (tertiary/aromatic N) is 1. The molecule has 0 aliphatic rings. The molecular weight excluding hydrogens is 256 g/mol. The summed E-state index contributed by atoms with van der Waals surface area (Å²) in [6.07, 6.45) is 0.963. The Morgan fingerprint density at radius 3 is 2.68 bits per heavy atom. The summed E-state index contributed by atoms with van der Waals surface area (Å²) in [4.78, 5) is 0. The minimum Gasteiger partial charge on any atom is -0.385 e. The van der Waals surface area contributed by atoms with Crippen LogP contribution in [0.1, 0.15) is 16.7 Å². The van der Waals surface area contributed by atoms with Gasteiger partial charge in [-0.15, -0.1) is 0 Å². The predicted octanol–water partition coefficient (Wildman–Crippen LogP) is 4.17. The summed E-state index contributed by atoms with van der Waals surface area (Å²) in [7, 11) is 0. The van der Waals surface area contributed by atoms with Crippen LogP contribution in [0.15, 0.2) is 42.5 Å². The van der Waals surface area contributed by atoms with Crippen molar-refractivity contribution in [1.29, 1.82) is 5.26 Å². The Kier molecular flexibility index (Phi) is 4.43. The van der Waals surface area contributed by atoms with Crippen LogP contribution in [-0.4, -0.2) is 6.54 Å². The van der Waals surface area contributed by atoms with E-state index in [0.29, 0.717) is 10.6 Å². The monoisotopic (exact) mass is 270 g/mol. The summed E-state index contributed by atoms with van der Waals surface area (Å²) < 4.78 is 0. The third kappa shape index (κ3) is 3.49. The maximum absolute atomic E-state index is 8.81. The predicted molar refractivity (Wildman–Crippen MR) is 79.5 cm³/mol. The van der Waals surface area contributed by atoms with Crippen LogP contribution in [0, 0.1) is 18.3 Å². The zero-order chi connectivity index (χ0) is 13.7. The first-order valence-electron chi connectivity index (χ1n) is 6.19. The summed E-state index contributed by atoms with van der Waals surface area (Å²) in [5, 5.41) is 12.6. The van der Waals surface area contributed by atoms with Gasteiger partial charge in [-0.2, -0.15) is 5.26 Å². The molecule has 2 rings (SSSR count). The molecule has 0 amide bonds. The molecule has 0 aliphatic heterocycles. The first-order chi connectivity index (χ1) is 9.20. The van der Waals surface area contributed by atoms with Crippen molar-refractivity contribution in [3.63, 3.8) is 0 Å². The van der Waals surface area contributed by atoms with Crippen molar-refractivity contribution in [2.45, 2.75) is 13.3 Å². The number of halogens is 1. The smallest absolute Gasteiger partial charge is 0.101 e. The molecule has 0 bridgehead atoms. The largest absolute Gasteiger partial charge is 0.385 e. The first-order valence-corrected chi connectivity index (χ1v) is 6.56. The fourth-order valence-electron chi connectivity index (χ4n) is 1.95. The minimum atomic E-state index is 0.489. The van der Waals surface area contributed by atoms with Gasteiger partial charge in [0.05, 0.1) is 10.6 Å². The molecular formula is C16H15ClN2. The SMILES string of the molecule is Cc1ccccc1CCNc1ccc(C#N)c(Cl)c1. The van der Waals surface area contributed by atoms with E-state index in [0.717, 1.165) is 18.7 Å². The van der Waals surface area contributed by atoms with Crippen molar-refractivity contribution < 1.29 is 0 Å². The molecule has 96 valence electrons. The van der Waals surface area contributed by atoms with Crippen LogP contribution in [0.25, 0.3) is 0 Å². The van der Waals surface area contributed by atoms with Crippen LogP contribution in [-0.2, 0) is 6.42 Å². The zero-order valence-corrected chi connectivity index (χ0v) is 11.5. The van der Waals surface area contributed by atoms with Crippen LogP contribution >= 0.6 is 11.6 Å². The zero-order valence-electron chi connectivity index (χ0n) is 10.8. The number of aryl methyl sites for hydroxylation is 1. The summed E-state index contributed by atoms with van der Waals surface area (Å²) in [6.45, 7) is 2.96. The van der Waals surface area contributed by atoms with Crippen molar-refractivity contribution in [1.82, 2.24) is 0 Å². The second-order valence-electron chi connectivity index (χ2n) is 4.41. The Labute approximate surface area is 118 Å². The van der Waals surface area contributed by atoms with Gasteiger partial charge in [-0.05, 0) is 42.7 Å². The van der Waals surface area contributed by atoms with Crippen LogP contribution in [0.2, 0.25) is 5.02 Å². The molecule has 19 heavy (non-hydrogen) atoms. The maximum Gasteiger partial charge on any atom is 0.101 e. The van der Waals surface area contributed by atoms with Gasteiger partial charge >= 0.3 is 0 Å². The van der Waals surface area contributed by atoms with Gasteiger partial charge in [0.25, 0.3) is 0 Å². The number of nitriles is 1. The highest BCUT2D eigenvalue weighted by molar-refractivity contribution is 6.32. The number of rotatable bonds is 4. The molecule has 0 spiro atoms. The molecule has 0 saturated heterocycles. The molecule has 1 N–H and O–H groups in total. The van der Waals surface area contributed by atoms with Gasteiger partial charge in [0.1, 0.15) is 6.07 Å². The summed E-state index contributed by atoms with van der Waals surface area (Å²) in [5.74, 6) is 0. The fourth-order valence-corrected chi connectivity index (χ4v) is 2.17. The molecule has 0 heterocycles. The third-order valence-electron chi connectivity index (χ3n) is 3.07. The van der Waals surface area contributed by atoms with Gasteiger partial charge in [-0.25, -0.2) is 0 Å². The molecule has 2 aromatic rings. The number of benzene rings is 2. The third-order valence-corrected chi connectivity index (χ3v) is 3.39. The topological polar surface area (TPSA) is 35.8 Å². The van der Waals surface area contributed by atoms with Gasteiger partial charge in [0.15, 0.2) is 0 Å². The van der Waals surface area contributed by atoms with E-state index >= 15 is 0 Å².